The maximum Gasteiger partial charge on any atom is 0.306 e. The Labute approximate surface area is 336 Å². The molecule has 2 heterocycles. The van der Waals surface area contributed by atoms with Crippen molar-refractivity contribution in [3.8, 4) is 0 Å². The summed E-state index contributed by atoms with van der Waals surface area (Å²) in [5, 5.41) is 71.7. The third-order valence-corrected chi connectivity index (χ3v) is 10.9. The fourth-order valence-electron chi connectivity index (χ4n) is 7.17. The first-order valence-corrected chi connectivity index (χ1v) is 22.1. The quantitative estimate of drug-likeness (QED) is 0.0351. The molecule has 0 aromatic heterocycles. The molecule has 0 amide bonds. The molecule has 7 N–H and O–H groups in total. The Morgan fingerprint density at radius 3 is 1.45 bits per heavy atom. The highest BCUT2D eigenvalue weighted by molar-refractivity contribution is 5.69. The predicted octanol–water partition coefficient (Wildman–Crippen LogP) is 4.57. The highest BCUT2D eigenvalue weighted by atomic mass is 16.7. The SMILES string of the molecule is CCCCCCCCCCCCCOCC(COC1OC(COC2OC(CO)C(O)C(O)C2O)C(O)C(O)C1O)OC(=O)CCCCCCCCCCCCC. The topological polar surface area (TPSA) is 214 Å². The van der Waals surface area contributed by atoms with Crippen LogP contribution in [0.15, 0.2) is 0 Å². The lowest BCUT2D eigenvalue weighted by atomic mass is 9.98. The second-order valence-corrected chi connectivity index (χ2v) is 15.9. The van der Waals surface area contributed by atoms with Gasteiger partial charge in [-0.3, -0.25) is 4.79 Å². The first-order valence-electron chi connectivity index (χ1n) is 22.1. The van der Waals surface area contributed by atoms with Crippen LogP contribution in [0.5, 0.6) is 0 Å². The molecule has 11 atom stereocenters. The average Bonchev–Trinajstić information content (AvgIpc) is 3.19. The average molecular weight is 809 g/mol. The van der Waals surface area contributed by atoms with Crippen molar-refractivity contribution in [2.24, 2.45) is 0 Å². The summed E-state index contributed by atoms with van der Waals surface area (Å²) in [6.07, 6.45) is 10.3. The molecule has 0 aliphatic carbocycles. The van der Waals surface area contributed by atoms with Crippen LogP contribution in [0.1, 0.15) is 162 Å². The lowest BCUT2D eigenvalue weighted by Crippen LogP contribution is -2.61. The van der Waals surface area contributed by atoms with Crippen LogP contribution in [0.25, 0.3) is 0 Å². The maximum atomic E-state index is 12.9. The van der Waals surface area contributed by atoms with E-state index in [-0.39, 0.29) is 25.6 Å². The van der Waals surface area contributed by atoms with E-state index in [2.05, 4.69) is 13.8 Å². The van der Waals surface area contributed by atoms with Gasteiger partial charge in [0.2, 0.25) is 0 Å². The van der Waals surface area contributed by atoms with E-state index in [1.165, 1.54) is 96.3 Å². The van der Waals surface area contributed by atoms with E-state index in [1.54, 1.807) is 0 Å². The fraction of sp³-hybridized carbons (Fsp3) is 0.976. The molecular formula is C42H80O14. The molecule has 2 aliphatic rings. The summed E-state index contributed by atoms with van der Waals surface area (Å²) >= 11 is 0. The van der Waals surface area contributed by atoms with Gasteiger partial charge in [-0.15, -0.1) is 0 Å². The van der Waals surface area contributed by atoms with E-state index in [0.29, 0.717) is 13.0 Å². The smallest absolute Gasteiger partial charge is 0.306 e. The molecule has 0 spiro atoms. The Morgan fingerprint density at radius 1 is 0.518 bits per heavy atom. The standard InChI is InChI=1S/C42H80O14/c1-3-5-7-9-11-13-15-17-19-21-23-25-34(44)54-31(28-51-26-24-22-20-18-16-14-12-10-8-6-4-2)29-52-41-40(50)38(48)36(46)33(56-41)30-53-42-39(49)37(47)35(45)32(27-43)55-42/h31-33,35-43,45-50H,3-30H2,1-2H3. The number of unbranched alkanes of at least 4 members (excludes halogenated alkanes) is 20. The zero-order valence-electron chi connectivity index (χ0n) is 34.6. The summed E-state index contributed by atoms with van der Waals surface area (Å²) in [7, 11) is 0. The van der Waals surface area contributed by atoms with Crippen molar-refractivity contribution >= 4 is 5.97 Å². The summed E-state index contributed by atoms with van der Waals surface area (Å²) in [6.45, 7) is 3.67. The van der Waals surface area contributed by atoms with Gasteiger partial charge in [0.15, 0.2) is 12.6 Å². The van der Waals surface area contributed by atoms with Gasteiger partial charge in [-0.05, 0) is 12.8 Å². The summed E-state index contributed by atoms with van der Waals surface area (Å²) < 4.78 is 34.1. The molecule has 2 rings (SSSR count). The van der Waals surface area contributed by atoms with Gasteiger partial charge in [0.05, 0.1) is 26.4 Å². The molecule has 56 heavy (non-hydrogen) atoms. The number of ether oxygens (including phenoxy) is 6. The van der Waals surface area contributed by atoms with Crippen LogP contribution in [0.2, 0.25) is 0 Å². The maximum absolute atomic E-state index is 12.9. The molecule has 2 fully saturated rings. The predicted molar refractivity (Wildman–Crippen MR) is 211 cm³/mol. The molecule has 0 bridgehead atoms. The number of hydrogen-bond donors (Lipinski definition) is 7. The van der Waals surface area contributed by atoms with Crippen LogP contribution in [-0.4, -0.2) is 142 Å². The number of aliphatic hydroxyl groups excluding tert-OH is 7. The minimum Gasteiger partial charge on any atom is -0.457 e. The van der Waals surface area contributed by atoms with Crippen molar-refractivity contribution in [1.82, 2.24) is 0 Å². The van der Waals surface area contributed by atoms with Crippen LogP contribution in [0.4, 0.5) is 0 Å². The number of aliphatic hydroxyl groups is 7. The second kappa shape index (κ2) is 31.9. The molecule has 332 valence electrons. The van der Waals surface area contributed by atoms with Crippen molar-refractivity contribution in [2.75, 3.05) is 33.0 Å². The second-order valence-electron chi connectivity index (χ2n) is 15.9. The zero-order valence-corrected chi connectivity index (χ0v) is 34.6. The van der Waals surface area contributed by atoms with Crippen molar-refractivity contribution in [1.29, 1.82) is 0 Å². The van der Waals surface area contributed by atoms with Gasteiger partial charge in [-0.2, -0.15) is 0 Å². The monoisotopic (exact) mass is 809 g/mol. The third kappa shape index (κ3) is 20.8. The lowest BCUT2D eigenvalue weighted by molar-refractivity contribution is -0.332. The van der Waals surface area contributed by atoms with E-state index in [1.807, 2.05) is 0 Å². The Balaban J connectivity index is 1.83. The van der Waals surface area contributed by atoms with Crippen LogP contribution < -0.4 is 0 Å². The van der Waals surface area contributed by atoms with Crippen molar-refractivity contribution in [2.45, 2.75) is 229 Å². The molecule has 0 saturated carbocycles. The summed E-state index contributed by atoms with van der Waals surface area (Å²) in [5.74, 6) is -0.376. The summed E-state index contributed by atoms with van der Waals surface area (Å²) in [6, 6.07) is 0. The van der Waals surface area contributed by atoms with E-state index >= 15 is 0 Å². The van der Waals surface area contributed by atoms with Crippen molar-refractivity contribution in [3.05, 3.63) is 0 Å². The summed E-state index contributed by atoms with van der Waals surface area (Å²) in [5.41, 5.74) is 0. The number of hydrogen-bond acceptors (Lipinski definition) is 14. The van der Waals surface area contributed by atoms with Gasteiger partial charge in [0.25, 0.3) is 0 Å². The third-order valence-electron chi connectivity index (χ3n) is 10.9. The van der Waals surface area contributed by atoms with Gasteiger partial charge in [0, 0.05) is 13.0 Å². The number of carbonyl (C=O) groups is 1. The number of rotatable bonds is 34. The fourth-order valence-corrected chi connectivity index (χ4v) is 7.17. The number of carbonyl (C=O) groups excluding carboxylic acids is 1. The van der Waals surface area contributed by atoms with Gasteiger partial charge in [-0.25, -0.2) is 0 Å². The minimum absolute atomic E-state index is 0.0688. The lowest BCUT2D eigenvalue weighted by Gasteiger charge is -2.42. The summed E-state index contributed by atoms with van der Waals surface area (Å²) in [4.78, 5) is 12.9. The molecule has 0 aromatic rings. The highest BCUT2D eigenvalue weighted by Crippen LogP contribution is 2.26. The highest BCUT2D eigenvalue weighted by Gasteiger charge is 2.47. The van der Waals surface area contributed by atoms with E-state index in [0.717, 1.165) is 38.5 Å². The van der Waals surface area contributed by atoms with Gasteiger partial charge in [-0.1, -0.05) is 142 Å². The van der Waals surface area contributed by atoms with E-state index < -0.39 is 80.7 Å². The molecule has 0 aromatic carbocycles. The van der Waals surface area contributed by atoms with Crippen LogP contribution >= 0.6 is 0 Å². The normalized spacial score (nSPS) is 28.7. The van der Waals surface area contributed by atoms with Crippen molar-refractivity contribution in [3.63, 3.8) is 0 Å². The van der Waals surface area contributed by atoms with E-state index in [4.69, 9.17) is 28.4 Å². The Morgan fingerprint density at radius 2 is 0.946 bits per heavy atom. The van der Waals surface area contributed by atoms with Crippen LogP contribution in [0, 0.1) is 0 Å². The van der Waals surface area contributed by atoms with Gasteiger partial charge < -0.3 is 64.2 Å². The molecule has 2 saturated heterocycles. The molecule has 14 nitrogen and oxygen atoms in total. The van der Waals surface area contributed by atoms with Crippen molar-refractivity contribution < 1.29 is 69.0 Å². The Kier molecular flexibility index (Phi) is 29.1. The van der Waals surface area contributed by atoms with E-state index in [9.17, 15) is 40.5 Å². The number of esters is 1. The molecule has 14 heteroatoms. The zero-order chi connectivity index (χ0) is 41.0. The molecule has 2 aliphatic heterocycles. The Hall–Kier alpha value is -1.01. The molecular weight excluding hydrogens is 728 g/mol. The minimum atomic E-state index is -1.70. The first kappa shape index (κ1) is 51.1. The first-order chi connectivity index (χ1) is 27.1. The molecule has 11 unspecified atom stereocenters. The molecule has 0 radical (unpaired) electrons. The van der Waals surface area contributed by atoms with Crippen LogP contribution in [0.3, 0.4) is 0 Å². The largest absolute Gasteiger partial charge is 0.457 e. The van der Waals surface area contributed by atoms with Crippen LogP contribution in [-0.2, 0) is 33.2 Å². The van der Waals surface area contributed by atoms with Gasteiger partial charge >= 0.3 is 5.97 Å². The van der Waals surface area contributed by atoms with Gasteiger partial charge in [0.1, 0.15) is 54.9 Å². The Bertz CT molecular complexity index is 943.